The number of nitrogens with one attached hydrogen (secondary N) is 1. The molecule has 2 aromatic rings. The fourth-order valence-corrected chi connectivity index (χ4v) is 1.80. The van der Waals surface area contributed by atoms with Gasteiger partial charge in [0.1, 0.15) is 5.75 Å². The van der Waals surface area contributed by atoms with Crippen molar-refractivity contribution in [3.8, 4) is 5.75 Å². The summed E-state index contributed by atoms with van der Waals surface area (Å²) in [6.07, 6.45) is 1.74. The lowest BCUT2D eigenvalue weighted by atomic mass is 10.1. The minimum atomic E-state index is -0.408. The van der Waals surface area contributed by atoms with E-state index in [0.29, 0.717) is 5.82 Å². The van der Waals surface area contributed by atoms with E-state index in [1.165, 1.54) is 6.07 Å². The summed E-state index contributed by atoms with van der Waals surface area (Å²) in [5, 5.41) is 16.5. The van der Waals surface area contributed by atoms with E-state index in [1.807, 2.05) is 6.92 Å². The van der Waals surface area contributed by atoms with Crippen LogP contribution in [0.2, 0.25) is 0 Å². The van der Waals surface area contributed by atoms with Crippen LogP contribution in [0.15, 0.2) is 24.4 Å². The maximum Gasteiger partial charge on any atom is 0.260 e. The molecule has 0 saturated heterocycles. The molecule has 0 aliphatic carbocycles. The van der Waals surface area contributed by atoms with E-state index in [0.717, 1.165) is 11.1 Å². The Bertz CT molecular complexity index is 619. The Labute approximate surface area is 110 Å². The molecule has 0 unspecified atom stereocenters. The molecule has 0 bridgehead atoms. The van der Waals surface area contributed by atoms with Crippen molar-refractivity contribution in [1.82, 2.24) is 9.78 Å². The minimum absolute atomic E-state index is 0.0617. The average Bonchev–Trinajstić information content (AvgIpc) is 2.72. The molecule has 0 saturated carbocycles. The molecular formula is C13H16N4O2. The molecule has 0 atom stereocenters. The first kappa shape index (κ1) is 13.1. The molecule has 1 heterocycles. The SMILES string of the molecule is Cc1ccc(O)c(C(=O)Nc2nn(C)cc2CN)c1. The number of carbonyl (C=O) groups is 1. The monoisotopic (exact) mass is 260 g/mol. The third kappa shape index (κ3) is 2.74. The fourth-order valence-electron chi connectivity index (χ4n) is 1.80. The lowest BCUT2D eigenvalue weighted by molar-refractivity contribution is 0.102. The van der Waals surface area contributed by atoms with Crippen LogP contribution in [0.4, 0.5) is 5.82 Å². The maximum atomic E-state index is 12.1. The highest BCUT2D eigenvalue weighted by atomic mass is 16.3. The van der Waals surface area contributed by atoms with E-state index in [2.05, 4.69) is 10.4 Å². The number of hydrogen-bond acceptors (Lipinski definition) is 4. The molecule has 0 aliphatic heterocycles. The van der Waals surface area contributed by atoms with Gasteiger partial charge in [-0.15, -0.1) is 0 Å². The predicted molar refractivity (Wildman–Crippen MR) is 71.9 cm³/mol. The van der Waals surface area contributed by atoms with E-state index in [9.17, 15) is 9.90 Å². The van der Waals surface area contributed by atoms with Crippen molar-refractivity contribution in [2.75, 3.05) is 5.32 Å². The second-order valence-corrected chi connectivity index (χ2v) is 4.36. The van der Waals surface area contributed by atoms with Gasteiger partial charge in [0, 0.05) is 25.4 Å². The van der Waals surface area contributed by atoms with Crippen LogP contribution in [0.3, 0.4) is 0 Å². The Morgan fingerprint density at radius 1 is 1.53 bits per heavy atom. The van der Waals surface area contributed by atoms with E-state index in [1.54, 1.807) is 30.1 Å². The Morgan fingerprint density at radius 3 is 2.95 bits per heavy atom. The van der Waals surface area contributed by atoms with Gasteiger partial charge in [-0.3, -0.25) is 9.48 Å². The summed E-state index contributed by atoms with van der Waals surface area (Å²) < 4.78 is 1.58. The van der Waals surface area contributed by atoms with E-state index in [-0.39, 0.29) is 17.9 Å². The van der Waals surface area contributed by atoms with E-state index >= 15 is 0 Å². The third-order valence-corrected chi connectivity index (χ3v) is 2.75. The number of carbonyl (C=O) groups excluding carboxylic acids is 1. The quantitative estimate of drug-likeness (QED) is 0.771. The molecule has 0 aliphatic rings. The largest absolute Gasteiger partial charge is 0.507 e. The summed E-state index contributed by atoms with van der Waals surface area (Å²) >= 11 is 0. The fraction of sp³-hybridized carbons (Fsp3) is 0.231. The van der Waals surface area contributed by atoms with E-state index in [4.69, 9.17) is 5.73 Å². The molecule has 1 amide bonds. The van der Waals surface area contributed by atoms with E-state index < -0.39 is 5.91 Å². The van der Waals surface area contributed by atoms with Gasteiger partial charge in [-0.1, -0.05) is 11.6 Å². The molecule has 19 heavy (non-hydrogen) atoms. The van der Waals surface area contributed by atoms with Gasteiger partial charge in [0.15, 0.2) is 5.82 Å². The molecular weight excluding hydrogens is 244 g/mol. The minimum Gasteiger partial charge on any atom is -0.507 e. The van der Waals surface area contributed by atoms with Gasteiger partial charge < -0.3 is 16.2 Å². The van der Waals surface area contributed by atoms with Crippen LogP contribution in [0.25, 0.3) is 0 Å². The average molecular weight is 260 g/mol. The number of benzene rings is 1. The topological polar surface area (TPSA) is 93.2 Å². The first-order valence-corrected chi connectivity index (χ1v) is 5.85. The van der Waals surface area contributed by atoms with Crippen molar-refractivity contribution in [3.63, 3.8) is 0 Å². The van der Waals surface area contributed by atoms with Gasteiger partial charge in [0.05, 0.1) is 5.56 Å². The first-order chi connectivity index (χ1) is 9.01. The van der Waals surface area contributed by atoms with Gasteiger partial charge in [0.2, 0.25) is 0 Å². The van der Waals surface area contributed by atoms with Crippen LogP contribution >= 0.6 is 0 Å². The number of hydrogen-bond donors (Lipinski definition) is 3. The highest BCUT2D eigenvalue weighted by Gasteiger charge is 2.15. The third-order valence-electron chi connectivity index (χ3n) is 2.75. The predicted octanol–water partition coefficient (Wildman–Crippen LogP) is 1.15. The number of phenolic OH excluding ortho intramolecular Hbond substituents is 1. The Morgan fingerprint density at radius 2 is 2.26 bits per heavy atom. The van der Waals surface area contributed by atoms with Crippen molar-refractivity contribution in [1.29, 1.82) is 0 Å². The Balaban J connectivity index is 2.27. The zero-order chi connectivity index (χ0) is 14.0. The van der Waals surface area contributed by atoms with Crippen molar-refractivity contribution >= 4 is 11.7 Å². The van der Waals surface area contributed by atoms with Crippen molar-refractivity contribution in [2.45, 2.75) is 13.5 Å². The maximum absolute atomic E-state index is 12.1. The summed E-state index contributed by atoms with van der Waals surface area (Å²) in [6, 6.07) is 4.85. The molecule has 4 N–H and O–H groups in total. The number of aryl methyl sites for hydroxylation is 2. The van der Waals surface area contributed by atoms with Crippen LogP contribution in [-0.2, 0) is 13.6 Å². The van der Waals surface area contributed by atoms with Crippen molar-refractivity contribution in [3.05, 3.63) is 41.1 Å². The standard InChI is InChI=1S/C13H16N4O2/c1-8-3-4-11(18)10(5-8)13(19)15-12-9(6-14)7-17(2)16-12/h3-5,7,18H,6,14H2,1-2H3,(H,15,16,19). The summed E-state index contributed by atoms with van der Waals surface area (Å²) in [7, 11) is 1.75. The zero-order valence-corrected chi connectivity index (χ0v) is 10.8. The smallest absolute Gasteiger partial charge is 0.260 e. The van der Waals surface area contributed by atoms with Crippen LogP contribution in [0, 0.1) is 6.92 Å². The number of phenols is 1. The summed E-state index contributed by atoms with van der Waals surface area (Å²) in [5.41, 5.74) is 7.43. The lowest BCUT2D eigenvalue weighted by Gasteiger charge is -2.06. The number of nitrogens with zero attached hydrogens (tertiary/aromatic N) is 2. The molecule has 2 rings (SSSR count). The van der Waals surface area contributed by atoms with Gasteiger partial charge >= 0.3 is 0 Å². The highest BCUT2D eigenvalue weighted by molar-refractivity contribution is 6.06. The summed E-state index contributed by atoms with van der Waals surface area (Å²) in [6.45, 7) is 2.13. The second kappa shape index (κ2) is 5.11. The molecule has 1 aromatic heterocycles. The summed E-state index contributed by atoms with van der Waals surface area (Å²) in [4.78, 5) is 12.1. The number of aromatic hydroxyl groups is 1. The Hall–Kier alpha value is -2.34. The molecule has 0 fully saturated rings. The number of rotatable bonds is 3. The second-order valence-electron chi connectivity index (χ2n) is 4.36. The molecule has 6 heteroatoms. The van der Waals surface area contributed by atoms with Crippen LogP contribution in [0.1, 0.15) is 21.5 Å². The molecule has 0 spiro atoms. The van der Waals surface area contributed by atoms with Crippen LogP contribution < -0.4 is 11.1 Å². The molecule has 0 radical (unpaired) electrons. The number of aromatic nitrogens is 2. The van der Waals surface area contributed by atoms with Crippen LogP contribution in [-0.4, -0.2) is 20.8 Å². The normalized spacial score (nSPS) is 10.5. The van der Waals surface area contributed by atoms with Crippen molar-refractivity contribution in [2.24, 2.45) is 12.8 Å². The number of anilines is 1. The highest BCUT2D eigenvalue weighted by Crippen LogP contribution is 2.20. The number of nitrogens with two attached hydrogens (primary N) is 1. The van der Waals surface area contributed by atoms with Gasteiger partial charge in [-0.25, -0.2) is 0 Å². The summed E-state index contributed by atoms with van der Waals surface area (Å²) in [5.74, 6) is -0.0566. The van der Waals surface area contributed by atoms with Gasteiger partial charge in [0.25, 0.3) is 5.91 Å². The Kier molecular flexibility index (Phi) is 3.52. The lowest BCUT2D eigenvalue weighted by Crippen LogP contribution is -2.14. The van der Waals surface area contributed by atoms with Crippen molar-refractivity contribution < 1.29 is 9.90 Å². The first-order valence-electron chi connectivity index (χ1n) is 5.85. The number of amides is 1. The molecule has 100 valence electrons. The molecule has 6 nitrogen and oxygen atoms in total. The van der Waals surface area contributed by atoms with Crippen LogP contribution in [0.5, 0.6) is 5.75 Å². The van der Waals surface area contributed by atoms with Gasteiger partial charge in [-0.2, -0.15) is 5.10 Å². The van der Waals surface area contributed by atoms with Gasteiger partial charge in [-0.05, 0) is 19.1 Å². The molecule has 1 aromatic carbocycles. The zero-order valence-electron chi connectivity index (χ0n) is 10.8.